The molecule has 2 aromatic carbocycles. The molecule has 5 rings (SSSR count). The minimum Gasteiger partial charge on any atom is -0.495 e. The molecule has 32 heavy (non-hydrogen) atoms. The van der Waals surface area contributed by atoms with Gasteiger partial charge in [0, 0.05) is 69.6 Å². The van der Waals surface area contributed by atoms with Gasteiger partial charge in [0.2, 0.25) is 5.95 Å². The number of hydrogen-bond donors (Lipinski definition) is 0. The summed E-state index contributed by atoms with van der Waals surface area (Å²) in [5.41, 5.74) is 4.13. The molecule has 2 aliphatic heterocycles. The molecule has 0 unspecified atom stereocenters. The van der Waals surface area contributed by atoms with Crippen molar-refractivity contribution >= 4 is 11.6 Å². The molecule has 1 aromatic heterocycles. The van der Waals surface area contributed by atoms with E-state index >= 15 is 0 Å². The normalized spacial score (nSPS) is 16.7. The van der Waals surface area contributed by atoms with E-state index in [1.54, 1.807) is 13.2 Å². The standard InChI is InChI=1S/C25H28FN5O/c1-32-24-9-5-4-8-23(24)30-12-14-31(15-13-30)25-27-16-20-18-29(11-10-22(20)28-25)17-19-6-2-3-7-21(19)26/h2-9,16H,10-15,17-18H2,1H3. The van der Waals surface area contributed by atoms with Crippen LogP contribution in [0.25, 0.3) is 0 Å². The Kier molecular flexibility index (Phi) is 5.90. The second-order valence-corrected chi connectivity index (χ2v) is 8.34. The van der Waals surface area contributed by atoms with Gasteiger partial charge in [-0.1, -0.05) is 30.3 Å². The predicted molar refractivity (Wildman–Crippen MR) is 124 cm³/mol. The van der Waals surface area contributed by atoms with Crippen LogP contribution in [0.4, 0.5) is 16.0 Å². The van der Waals surface area contributed by atoms with Crippen molar-refractivity contribution in [1.29, 1.82) is 0 Å². The van der Waals surface area contributed by atoms with Gasteiger partial charge in [-0.3, -0.25) is 4.90 Å². The van der Waals surface area contributed by atoms with Gasteiger partial charge in [-0.05, 0) is 18.2 Å². The van der Waals surface area contributed by atoms with Gasteiger partial charge in [0.1, 0.15) is 11.6 Å². The van der Waals surface area contributed by atoms with Crippen LogP contribution in [0.15, 0.2) is 54.7 Å². The molecule has 1 fully saturated rings. The molecule has 0 saturated carbocycles. The Morgan fingerprint density at radius 1 is 0.938 bits per heavy atom. The van der Waals surface area contributed by atoms with Gasteiger partial charge in [-0.2, -0.15) is 0 Å². The SMILES string of the molecule is COc1ccccc1N1CCN(c2ncc3c(n2)CCN(Cc2ccccc2F)C3)CC1. The minimum absolute atomic E-state index is 0.142. The topological polar surface area (TPSA) is 44.7 Å². The lowest BCUT2D eigenvalue weighted by atomic mass is 10.1. The van der Waals surface area contributed by atoms with Crippen LogP contribution in [0.3, 0.4) is 0 Å². The highest BCUT2D eigenvalue weighted by atomic mass is 19.1. The van der Waals surface area contributed by atoms with Gasteiger partial charge < -0.3 is 14.5 Å². The highest BCUT2D eigenvalue weighted by Crippen LogP contribution is 2.29. The van der Waals surface area contributed by atoms with Crippen LogP contribution in [-0.2, 0) is 19.5 Å². The number of halogens is 1. The second-order valence-electron chi connectivity index (χ2n) is 8.34. The van der Waals surface area contributed by atoms with Gasteiger partial charge in [0.25, 0.3) is 0 Å². The molecule has 0 atom stereocenters. The number of anilines is 2. The zero-order valence-electron chi connectivity index (χ0n) is 18.4. The molecule has 6 nitrogen and oxygen atoms in total. The van der Waals surface area contributed by atoms with E-state index in [0.717, 1.165) is 79.9 Å². The smallest absolute Gasteiger partial charge is 0.225 e. The summed E-state index contributed by atoms with van der Waals surface area (Å²) in [5.74, 6) is 1.58. The average molecular weight is 434 g/mol. The molecular formula is C25H28FN5O. The summed E-state index contributed by atoms with van der Waals surface area (Å²) >= 11 is 0. The summed E-state index contributed by atoms with van der Waals surface area (Å²) in [6.45, 7) is 5.78. The third-order valence-corrected chi connectivity index (χ3v) is 6.34. The maximum Gasteiger partial charge on any atom is 0.225 e. The molecule has 0 radical (unpaired) electrons. The maximum absolute atomic E-state index is 14.0. The number of rotatable bonds is 5. The Balaban J connectivity index is 1.22. The number of benzene rings is 2. The van der Waals surface area contributed by atoms with Crippen LogP contribution in [0.1, 0.15) is 16.8 Å². The number of ether oxygens (including phenoxy) is 1. The van der Waals surface area contributed by atoms with Crippen molar-refractivity contribution < 1.29 is 9.13 Å². The summed E-state index contributed by atoms with van der Waals surface area (Å²) in [6, 6.07) is 15.2. The molecule has 2 aliphatic rings. The van der Waals surface area contributed by atoms with Crippen LogP contribution in [0.5, 0.6) is 5.75 Å². The zero-order chi connectivity index (χ0) is 21.9. The van der Waals surface area contributed by atoms with E-state index < -0.39 is 0 Å². The van der Waals surface area contributed by atoms with Crippen LogP contribution in [0, 0.1) is 5.82 Å². The second kappa shape index (κ2) is 9.12. The Labute approximate surface area is 188 Å². The summed E-state index contributed by atoms with van der Waals surface area (Å²) in [7, 11) is 1.72. The Morgan fingerprint density at radius 3 is 2.50 bits per heavy atom. The Bertz CT molecular complexity index is 1080. The van der Waals surface area contributed by atoms with E-state index in [1.165, 1.54) is 6.07 Å². The minimum atomic E-state index is -0.142. The van der Waals surface area contributed by atoms with Crippen molar-refractivity contribution in [2.75, 3.05) is 49.6 Å². The number of methoxy groups -OCH3 is 1. The summed E-state index contributed by atoms with van der Waals surface area (Å²) in [5, 5.41) is 0. The Hall–Kier alpha value is -3.19. The number of para-hydroxylation sites is 2. The van der Waals surface area contributed by atoms with Crippen molar-refractivity contribution in [2.24, 2.45) is 0 Å². The monoisotopic (exact) mass is 433 g/mol. The average Bonchev–Trinajstić information content (AvgIpc) is 2.85. The molecule has 0 N–H and O–H groups in total. The predicted octanol–water partition coefficient (Wildman–Crippen LogP) is 3.51. The number of piperazine rings is 1. The van der Waals surface area contributed by atoms with E-state index in [9.17, 15) is 4.39 Å². The van der Waals surface area contributed by atoms with E-state index in [4.69, 9.17) is 9.72 Å². The first-order valence-electron chi connectivity index (χ1n) is 11.1. The highest BCUT2D eigenvalue weighted by Gasteiger charge is 2.24. The van der Waals surface area contributed by atoms with Crippen LogP contribution < -0.4 is 14.5 Å². The fourth-order valence-corrected chi connectivity index (χ4v) is 4.56. The lowest BCUT2D eigenvalue weighted by Gasteiger charge is -2.37. The largest absolute Gasteiger partial charge is 0.495 e. The third kappa shape index (κ3) is 4.25. The first kappa shape index (κ1) is 20.7. The van der Waals surface area contributed by atoms with Gasteiger partial charge in [0.15, 0.2) is 0 Å². The first-order valence-corrected chi connectivity index (χ1v) is 11.1. The van der Waals surface area contributed by atoms with Crippen molar-refractivity contribution in [2.45, 2.75) is 19.5 Å². The molecule has 0 bridgehead atoms. The van der Waals surface area contributed by atoms with Gasteiger partial charge in [0.05, 0.1) is 18.5 Å². The summed E-state index contributed by atoms with van der Waals surface area (Å²) in [6.07, 6.45) is 2.82. The summed E-state index contributed by atoms with van der Waals surface area (Å²) in [4.78, 5) is 16.5. The number of fused-ring (bicyclic) bond motifs is 1. The van der Waals surface area contributed by atoms with Crippen LogP contribution in [0.2, 0.25) is 0 Å². The van der Waals surface area contributed by atoms with Gasteiger partial charge in [-0.15, -0.1) is 0 Å². The lowest BCUT2D eigenvalue weighted by Crippen LogP contribution is -2.47. The molecule has 3 heterocycles. The first-order chi connectivity index (χ1) is 15.7. The molecule has 1 saturated heterocycles. The molecule has 0 spiro atoms. The third-order valence-electron chi connectivity index (χ3n) is 6.34. The highest BCUT2D eigenvalue weighted by molar-refractivity contribution is 5.59. The van der Waals surface area contributed by atoms with Gasteiger partial charge in [-0.25, -0.2) is 14.4 Å². The van der Waals surface area contributed by atoms with Crippen molar-refractivity contribution in [3.63, 3.8) is 0 Å². The summed E-state index contributed by atoms with van der Waals surface area (Å²) < 4.78 is 19.5. The van der Waals surface area contributed by atoms with Crippen molar-refractivity contribution in [3.8, 4) is 5.75 Å². The molecule has 7 heteroatoms. The quantitative estimate of drug-likeness (QED) is 0.614. The molecule has 0 aliphatic carbocycles. The zero-order valence-corrected chi connectivity index (χ0v) is 18.4. The van der Waals surface area contributed by atoms with Crippen molar-refractivity contribution in [1.82, 2.24) is 14.9 Å². The van der Waals surface area contributed by atoms with Crippen molar-refractivity contribution in [3.05, 3.63) is 77.4 Å². The van der Waals surface area contributed by atoms with E-state index in [2.05, 4.69) is 25.8 Å². The number of nitrogens with zero attached hydrogens (tertiary/aromatic N) is 5. The lowest BCUT2D eigenvalue weighted by molar-refractivity contribution is 0.239. The maximum atomic E-state index is 14.0. The van der Waals surface area contributed by atoms with Crippen LogP contribution in [-0.4, -0.2) is 54.7 Å². The number of aromatic nitrogens is 2. The Morgan fingerprint density at radius 2 is 1.69 bits per heavy atom. The fraction of sp³-hybridized carbons (Fsp3) is 0.360. The fourth-order valence-electron chi connectivity index (χ4n) is 4.56. The van der Waals surface area contributed by atoms with Gasteiger partial charge >= 0.3 is 0 Å². The van der Waals surface area contributed by atoms with E-state index in [1.807, 2.05) is 36.5 Å². The number of hydrogen-bond acceptors (Lipinski definition) is 6. The molecular weight excluding hydrogens is 405 g/mol. The van der Waals surface area contributed by atoms with E-state index in [0.29, 0.717) is 6.54 Å². The molecule has 0 amide bonds. The van der Waals surface area contributed by atoms with E-state index in [-0.39, 0.29) is 5.82 Å². The molecule has 166 valence electrons. The molecule has 3 aromatic rings. The van der Waals surface area contributed by atoms with Crippen LogP contribution >= 0.6 is 0 Å².